The lowest BCUT2D eigenvalue weighted by molar-refractivity contribution is -0.382. The number of rotatable bonds is 12. The van der Waals surface area contributed by atoms with Crippen LogP contribution in [-0.4, -0.2) is 191 Å². The van der Waals surface area contributed by atoms with Crippen LogP contribution in [0.3, 0.4) is 0 Å². The van der Waals surface area contributed by atoms with Gasteiger partial charge in [-0.2, -0.15) is 0 Å². The Morgan fingerprint density at radius 3 is 1.89 bits per heavy atom. The number of ether oxygens (including phenoxy) is 6. The standard InChI is InChI=1S/C48H82O18/c1-21(2)11-10-14-48(9,66-42-38(60)35(57)32(54)26(19-49)63-42)23-12-16-46(7)30(23)24(51)17-28-45(6)15-13-29(52)44(4,5)40(45)25(18-47(28,46)8)62-43-39(36(58)33(55)27(20-50)64-43)65-41-37(59)34(56)31(53)22(3)61-41/h11,22-43,49-60H,10,12-20H2,1-9H3/t22-,23-,24+,25-,26+,27+,28-,29-,30-,31-,32+,33+,34+,35-,36-,37+,38+,39+,40-,41-,42-,43+,45+,46+,47+,48-/m0/s1. The summed E-state index contributed by atoms with van der Waals surface area (Å²) in [6.45, 7) is 16.8. The van der Waals surface area contributed by atoms with Crippen molar-refractivity contribution in [1.29, 1.82) is 0 Å². The molecule has 0 aromatic carbocycles. The van der Waals surface area contributed by atoms with E-state index in [2.05, 4.69) is 26.8 Å². The van der Waals surface area contributed by atoms with Gasteiger partial charge in [-0.05, 0) is 124 Å². The van der Waals surface area contributed by atoms with Gasteiger partial charge in [0, 0.05) is 0 Å². The zero-order chi connectivity index (χ0) is 48.8. The van der Waals surface area contributed by atoms with Crippen LogP contribution in [0.4, 0.5) is 0 Å². The van der Waals surface area contributed by atoms with Crippen LogP contribution in [0, 0.1) is 45.3 Å². The molecule has 382 valence electrons. The van der Waals surface area contributed by atoms with Gasteiger partial charge in [-0.25, -0.2) is 0 Å². The summed E-state index contributed by atoms with van der Waals surface area (Å²) in [6.07, 6.45) is -18.3. The molecule has 7 rings (SSSR count). The smallest absolute Gasteiger partial charge is 0.187 e. The SMILES string of the molecule is CC(C)=CCC[C@](C)(O[C@@H]1O[C@H](CO)[C@@H](O)[C@H](O)[C@H]1O)[C@H]1CC[C@]2(C)[C@@H]1[C@H](O)C[C@H]1[C@@]3(C)CC[C@H](O)C(C)(C)[C@@H]3[C@@H](O[C@@H]3O[C@H](CO)[C@@H](O)[C@H](O)[C@H]3O[C@@H]3O[C@@H](C)[C@H](O)[C@@H](O)[C@H]3O)C[C@]12C. The van der Waals surface area contributed by atoms with Crippen molar-refractivity contribution in [3.8, 4) is 0 Å². The zero-order valence-corrected chi connectivity index (χ0v) is 40.2. The van der Waals surface area contributed by atoms with Crippen molar-refractivity contribution in [2.75, 3.05) is 13.2 Å². The van der Waals surface area contributed by atoms with Crippen LogP contribution in [-0.2, 0) is 28.4 Å². The molecule has 4 saturated carbocycles. The maximum Gasteiger partial charge on any atom is 0.187 e. The van der Waals surface area contributed by atoms with Crippen LogP contribution in [0.2, 0.25) is 0 Å². The maximum atomic E-state index is 12.7. The van der Waals surface area contributed by atoms with E-state index in [1.807, 2.05) is 34.6 Å². The Bertz CT molecular complexity index is 1700. The Morgan fingerprint density at radius 2 is 1.27 bits per heavy atom. The van der Waals surface area contributed by atoms with Crippen molar-refractivity contribution >= 4 is 0 Å². The van der Waals surface area contributed by atoms with Gasteiger partial charge >= 0.3 is 0 Å². The van der Waals surface area contributed by atoms with Gasteiger partial charge in [-0.15, -0.1) is 0 Å². The Kier molecular flexibility index (Phi) is 15.4. The molecule has 66 heavy (non-hydrogen) atoms. The lowest BCUT2D eigenvalue weighted by Crippen LogP contribution is -2.71. The molecule has 7 aliphatic rings. The Hall–Kier alpha value is -0.980. The second-order valence-corrected chi connectivity index (χ2v) is 23.0. The summed E-state index contributed by atoms with van der Waals surface area (Å²) in [7, 11) is 0. The van der Waals surface area contributed by atoms with E-state index in [1.165, 1.54) is 6.92 Å². The molecular formula is C48H82O18. The first-order chi connectivity index (χ1) is 30.7. The second-order valence-electron chi connectivity index (χ2n) is 23.0. The van der Waals surface area contributed by atoms with Crippen molar-refractivity contribution in [2.24, 2.45) is 45.3 Å². The minimum Gasteiger partial charge on any atom is -0.394 e. The van der Waals surface area contributed by atoms with Crippen molar-refractivity contribution in [3.63, 3.8) is 0 Å². The second kappa shape index (κ2) is 19.2. The van der Waals surface area contributed by atoms with E-state index in [0.717, 1.165) is 5.57 Å². The van der Waals surface area contributed by atoms with E-state index < -0.39 is 151 Å². The quantitative estimate of drug-likeness (QED) is 0.0904. The summed E-state index contributed by atoms with van der Waals surface area (Å²) in [5.41, 5.74) is -2.43. The van der Waals surface area contributed by atoms with Crippen molar-refractivity contribution in [3.05, 3.63) is 11.6 Å². The third-order valence-electron chi connectivity index (χ3n) is 18.7. The summed E-state index contributed by atoms with van der Waals surface area (Å²) in [5.74, 6) is -1.12. The summed E-state index contributed by atoms with van der Waals surface area (Å²) >= 11 is 0. The van der Waals surface area contributed by atoms with Crippen LogP contribution >= 0.6 is 0 Å². The van der Waals surface area contributed by atoms with Crippen LogP contribution in [0.1, 0.15) is 114 Å². The fraction of sp³-hybridized carbons (Fsp3) is 0.958. The summed E-state index contributed by atoms with van der Waals surface area (Å²) in [5, 5.41) is 132. The van der Waals surface area contributed by atoms with Gasteiger partial charge in [0.2, 0.25) is 0 Å². The molecule has 7 fully saturated rings. The van der Waals surface area contributed by atoms with Gasteiger partial charge < -0.3 is 89.7 Å². The van der Waals surface area contributed by atoms with E-state index in [1.54, 1.807) is 0 Å². The highest BCUT2D eigenvalue weighted by molar-refractivity contribution is 5.22. The van der Waals surface area contributed by atoms with Crippen molar-refractivity contribution in [1.82, 2.24) is 0 Å². The summed E-state index contributed by atoms with van der Waals surface area (Å²) < 4.78 is 38.1. The number of fused-ring (bicyclic) bond motifs is 5. The molecule has 0 bridgehead atoms. The molecule has 4 aliphatic carbocycles. The molecule has 0 radical (unpaired) electrons. The van der Waals surface area contributed by atoms with Gasteiger partial charge in [0.05, 0.1) is 43.2 Å². The van der Waals surface area contributed by atoms with E-state index in [4.69, 9.17) is 28.4 Å². The molecule has 26 atom stereocenters. The van der Waals surface area contributed by atoms with E-state index in [9.17, 15) is 61.3 Å². The Morgan fingerprint density at radius 1 is 0.682 bits per heavy atom. The number of aliphatic hydroxyl groups is 12. The molecule has 18 heteroatoms. The predicted molar refractivity (Wildman–Crippen MR) is 234 cm³/mol. The molecule has 12 N–H and O–H groups in total. The molecule has 0 aromatic heterocycles. The number of hydrogen-bond acceptors (Lipinski definition) is 18. The van der Waals surface area contributed by atoms with E-state index >= 15 is 0 Å². The fourth-order valence-electron chi connectivity index (χ4n) is 14.9. The highest BCUT2D eigenvalue weighted by Gasteiger charge is 2.74. The third kappa shape index (κ3) is 8.69. The molecule has 0 amide bonds. The zero-order valence-electron chi connectivity index (χ0n) is 40.2. The molecule has 0 unspecified atom stereocenters. The number of hydrogen-bond donors (Lipinski definition) is 12. The molecule has 0 aromatic rings. The number of aliphatic hydroxyl groups excluding tert-OH is 12. The molecule has 3 heterocycles. The van der Waals surface area contributed by atoms with Crippen LogP contribution < -0.4 is 0 Å². The van der Waals surface area contributed by atoms with Crippen molar-refractivity contribution in [2.45, 2.75) is 230 Å². The Labute approximate surface area is 388 Å². The molecule has 3 saturated heterocycles. The van der Waals surface area contributed by atoms with Gasteiger partial charge in [-0.3, -0.25) is 0 Å². The molecule has 0 spiro atoms. The van der Waals surface area contributed by atoms with Gasteiger partial charge in [0.15, 0.2) is 18.9 Å². The molecular weight excluding hydrogens is 865 g/mol. The number of allylic oxidation sites excluding steroid dienone is 2. The maximum absolute atomic E-state index is 12.7. The lowest BCUT2D eigenvalue weighted by atomic mass is 9.34. The average Bonchev–Trinajstić information content (AvgIpc) is 3.64. The van der Waals surface area contributed by atoms with Crippen LogP contribution in [0.25, 0.3) is 0 Å². The van der Waals surface area contributed by atoms with Gasteiger partial charge in [0.25, 0.3) is 0 Å². The first-order valence-corrected chi connectivity index (χ1v) is 24.3. The highest BCUT2D eigenvalue weighted by atomic mass is 16.8. The topological polar surface area (TPSA) is 298 Å². The van der Waals surface area contributed by atoms with Crippen LogP contribution in [0.15, 0.2) is 11.6 Å². The lowest BCUT2D eigenvalue weighted by Gasteiger charge is -2.72. The monoisotopic (exact) mass is 947 g/mol. The largest absolute Gasteiger partial charge is 0.394 e. The summed E-state index contributed by atoms with van der Waals surface area (Å²) in [6, 6.07) is 0. The predicted octanol–water partition coefficient (Wildman–Crippen LogP) is -0.0284. The molecule has 18 nitrogen and oxygen atoms in total. The first kappa shape index (κ1) is 52.8. The summed E-state index contributed by atoms with van der Waals surface area (Å²) in [4.78, 5) is 0. The first-order valence-electron chi connectivity index (χ1n) is 24.3. The minimum absolute atomic E-state index is 0.0861. The van der Waals surface area contributed by atoms with Crippen LogP contribution in [0.5, 0.6) is 0 Å². The van der Waals surface area contributed by atoms with Crippen molar-refractivity contribution < 1.29 is 89.7 Å². The van der Waals surface area contributed by atoms with E-state index in [-0.39, 0.29) is 23.7 Å². The van der Waals surface area contributed by atoms with Gasteiger partial charge in [0.1, 0.15) is 67.1 Å². The van der Waals surface area contributed by atoms with E-state index in [0.29, 0.717) is 51.4 Å². The van der Waals surface area contributed by atoms with Gasteiger partial charge in [-0.1, -0.05) is 46.3 Å². The molecule has 3 aliphatic heterocycles. The average molecular weight is 947 g/mol. The normalized spacial score (nSPS) is 53.5. The third-order valence-corrected chi connectivity index (χ3v) is 18.7. The minimum atomic E-state index is -1.75. The fourth-order valence-corrected chi connectivity index (χ4v) is 14.9. The Balaban J connectivity index is 1.27. The highest BCUT2D eigenvalue weighted by Crippen LogP contribution is 2.76.